The van der Waals surface area contributed by atoms with E-state index in [4.69, 9.17) is 0 Å². The number of fused-ring (bicyclic) bond motifs is 1. The Kier molecular flexibility index (Phi) is 1.26. The van der Waals surface area contributed by atoms with Gasteiger partial charge in [-0.05, 0) is 31.9 Å². The fourth-order valence-electron chi connectivity index (χ4n) is 2.32. The Morgan fingerprint density at radius 3 is 3.00 bits per heavy atom. The average Bonchev–Trinajstić information content (AvgIpc) is 2.41. The Morgan fingerprint density at radius 2 is 2.30 bits per heavy atom. The predicted molar refractivity (Wildman–Crippen MR) is 42.6 cm³/mol. The zero-order chi connectivity index (χ0) is 7.14. The van der Waals surface area contributed by atoms with Crippen LogP contribution < -0.4 is 5.32 Å². The Morgan fingerprint density at radius 1 is 1.50 bits per heavy atom. The SMILES string of the molecule is CC1=CNC2C(C)CCC12. The molecule has 1 aliphatic carbocycles. The first-order valence-electron chi connectivity index (χ1n) is 4.22. The molecule has 2 rings (SSSR count). The zero-order valence-electron chi connectivity index (χ0n) is 6.72. The van der Waals surface area contributed by atoms with Gasteiger partial charge in [0.25, 0.3) is 0 Å². The van der Waals surface area contributed by atoms with Gasteiger partial charge in [-0.15, -0.1) is 0 Å². The third kappa shape index (κ3) is 0.695. The standard InChI is InChI=1S/C9H15N/c1-6-3-4-8-7(2)5-10-9(6)8/h5-6,8-10H,3-4H2,1-2H3. The smallest absolute Gasteiger partial charge is 0.0347 e. The molecule has 1 saturated carbocycles. The van der Waals surface area contributed by atoms with Crippen LogP contribution in [0.15, 0.2) is 11.8 Å². The molecular formula is C9H15N. The molecule has 2 aliphatic rings. The van der Waals surface area contributed by atoms with Crippen molar-refractivity contribution in [1.29, 1.82) is 0 Å². The lowest BCUT2D eigenvalue weighted by Gasteiger charge is -2.15. The van der Waals surface area contributed by atoms with Crippen molar-refractivity contribution in [2.24, 2.45) is 11.8 Å². The number of hydrogen-bond acceptors (Lipinski definition) is 1. The molecule has 0 bridgehead atoms. The lowest BCUT2D eigenvalue weighted by atomic mass is 9.97. The molecule has 56 valence electrons. The highest BCUT2D eigenvalue weighted by atomic mass is 14.9. The maximum Gasteiger partial charge on any atom is 0.0347 e. The molecule has 0 aromatic heterocycles. The normalized spacial score (nSPS) is 44.6. The molecule has 1 nitrogen and oxygen atoms in total. The third-order valence-corrected chi connectivity index (χ3v) is 3.07. The van der Waals surface area contributed by atoms with Crippen molar-refractivity contribution in [3.8, 4) is 0 Å². The Bertz CT molecular complexity index is 172. The second kappa shape index (κ2) is 2.01. The van der Waals surface area contributed by atoms with Crippen LogP contribution in [0.3, 0.4) is 0 Å². The molecule has 1 aliphatic heterocycles. The van der Waals surface area contributed by atoms with Gasteiger partial charge in [0.15, 0.2) is 0 Å². The first kappa shape index (κ1) is 6.26. The van der Waals surface area contributed by atoms with Crippen molar-refractivity contribution in [2.75, 3.05) is 0 Å². The lowest BCUT2D eigenvalue weighted by molar-refractivity contribution is 0.448. The third-order valence-electron chi connectivity index (χ3n) is 3.07. The van der Waals surface area contributed by atoms with E-state index in [-0.39, 0.29) is 0 Å². The van der Waals surface area contributed by atoms with Crippen LogP contribution in [0.1, 0.15) is 26.7 Å². The maximum absolute atomic E-state index is 3.46. The largest absolute Gasteiger partial charge is 0.387 e. The highest BCUT2D eigenvalue weighted by molar-refractivity contribution is 5.16. The van der Waals surface area contributed by atoms with Crippen LogP contribution in [0.25, 0.3) is 0 Å². The summed E-state index contributed by atoms with van der Waals surface area (Å²) in [5, 5.41) is 3.46. The van der Waals surface area contributed by atoms with Crippen LogP contribution in [-0.2, 0) is 0 Å². The Labute approximate surface area is 62.5 Å². The van der Waals surface area contributed by atoms with Gasteiger partial charge in [-0.25, -0.2) is 0 Å². The van der Waals surface area contributed by atoms with Gasteiger partial charge >= 0.3 is 0 Å². The van der Waals surface area contributed by atoms with Gasteiger partial charge in [-0.3, -0.25) is 0 Å². The molecule has 3 atom stereocenters. The topological polar surface area (TPSA) is 12.0 Å². The van der Waals surface area contributed by atoms with E-state index in [9.17, 15) is 0 Å². The summed E-state index contributed by atoms with van der Waals surface area (Å²) < 4.78 is 0. The molecule has 1 N–H and O–H groups in total. The van der Waals surface area contributed by atoms with Crippen molar-refractivity contribution in [1.82, 2.24) is 5.32 Å². The molecule has 10 heavy (non-hydrogen) atoms. The fourth-order valence-corrected chi connectivity index (χ4v) is 2.32. The minimum atomic E-state index is 0.778. The van der Waals surface area contributed by atoms with Gasteiger partial charge in [-0.2, -0.15) is 0 Å². The van der Waals surface area contributed by atoms with Crippen molar-refractivity contribution >= 4 is 0 Å². The van der Waals surface area contributed by atoms with Crippen molar-refractivity contribution < 1.29 is 0 Å². The van der Waals surface area contributed by atoms with Crippen molar-refractivity contribution in [3.05, 3.63) is 11.8 Å². The lowest BCUT2D eigenvalue weighted by Crippen LogP contribution is -2.27. The molecule has 0 aromatic rings. The van der Waals surface area contributed by atoms with E-state index in [0.29, 0.717) is 0 Å². The van der Waals surface area contributed by atoms with E-state index < -0.39 is 0 Å². The van der Waals surface area contributed by atoms with Gasteiger partial charge in [0.2, 0.25) is 0 Å². The quantitative estimate of drug-likeness (QED) is 0.537. The predicted octanol–water partition coefficient (Wildman–Crippen LogP) is 1.91. The summed E-state index contributed by atoms with van der Waals surface area (Å²) in [5.74, 6) is 1.76. The molecule has 1 heteroatoms. The summed E-state index contributed by atoms with van der Waals surface area (Å²) in [6.07, 6.45) is 5.01. The van der Waals surface area contributed by atoms with Gasteiger partial charge in [0.1, 0.15) is 0 Å². The summed E-state index contributed by atoms with van der Waals surface area (Å²) in [6, 6.07) is 0.778. The minimum absolute atomic E-state index is 0.778. The molecule has 0 saturated heterocycles. The van der Waals surface area contributed by atoms with Crippen molar-refractivity contribution in [3.63, 3.8) is 0 Å². The second-order valence-corrected chi connectivity index (χ2v) is 3.74. The van der Waals surface area contributed by atoms with E-state index in [1.165, 1.54) is 12.8 Å². The molecule has 1 fully saturated rings. The summed E-state index contributed by atoms with van der Waals surface area (Å²) >= 11 is 0. The maximum atomic E-state index is 3.46. The van der Waals surface area contributed by atoms with Gasteiger partial charge in [0.05, 0.1) is 0 Å². The molecular weight excluding hydrogens is 122 g/mol. The van der Waals surface area contributed by atoms with E-state index >= 15 is 0 Å². The van der Waals surface area contributed by atoms with Crippen LogP contribution in [0, 0.1) is 11.8 Å². The van der Waals surface area contributed by atoms with Gasteiger partial charge in [-0.1, -0.05) is 12.5 Å². The molecule has 3 unspecified atom stereocenters. The molecule has 1 heterocycles. The van der Waals surface area contributed by atoms with E-state index in [1.54, 1.807) is 5.57 Å². The van der Waals surface area contributed by atoms with Crippen LogP contribution in [-0.4, -0.2) is 6.04 Å². The zero-order valence-corrected chi connectivity index (χ0v) is 6.72. The molecule has 0 radical (unpaired) electrons. The summed E-state index contributed by atoms with van der Waals surface area (Å²) in [6.45, 7) is 4.60. The Balaban J connectivity index is 2.16. The average molecular weight is 137 g/mol. The van der Waals surface area contributed by atoms with E-state index in [2.05, 4.69) is 25.4 Å². The summed E-state index contributed by atoms with van der Waals surface area (Å²) in [5.41, 5.74) is 1.56. The Hall–Kier alpha value is -0.460. The van der Waals surface area contributed by atoms with Gasteiger partial charge in [0, 0.05) is 12.0 Å². The van der Waals surface area contributed by atoms with Crippen LogP contribution >= 0.6 is 0 Å². The monoisotopic (exact) mass is 137 g/mol. The molecule has 0 spiro atoms. The first-order valence-corrected chi connectivity index (χ1v) is 4.22. The molecule has 0 aromatic carbocycles. The first-order chi connectivity index (χ1) is 4.79. The number of nitrogens with one attached hydrogen (secondary N) is 1. The number of hydrogen-bond donors (Lipinski definition) is 1. The van der Waals surface area contributed by atoms with E-state index in [0.717, 1.165) is 17.9 Å². The van der Waals surface area contributed by atoms with Crippen LogP contribution in [0.5, 0.6) is 0 Å². The van der Waals surface area contributed by atoms with Crippen LogP contribution in [0.2, 0.25) is 0 Å². The van der Waals surface area contributed by atoms with E-state index in [1.807, 2.05) is 0 Å². The van der Waals surface area contributed by atoms with Crippen molar-refractivity contribution in [2.45, 2.75) is 32.7 Å². The summed E-state index contributed by atoms with van der Waals surface area (Å²) in [4.78, 5) is 0. The summed E-state index contributed by atoms with van der Waals surface area (Å²) in [7, 11) is 0. The van der Waals surface area contributed by atoms with Gasteiger partial charge < -0.3 is 5.32 Å². The number of rotatable bonds is 0. The second-order valence-electron chi connectivity index (χ2n) is 3.74. The highest BCUT2D eigenvalue weighted by Gasteiger charge is 2.36. The minimum Gasteiger partial charge on any atom is -0.387 e. The fraction of sp³-hybridized carbons (Fsp3) is 0.778. The van der Waals surface area contributed by atoms with Crippen LogP contribution in [0.4, 0.5) is 0 Å². The highest BCUT2D eigenvalue weighted by Crippen LogP contribution is 2.38. The molecule has 0 amide bonds.